The van der Waals surface area contributed by atoms with Crippen LogP contribution in [0.4, 0.5) is 0 Å². The van der Waals surface area contributed by atoms with Crippen molar-refractivity contribution in [2.75, 3.05) is 0 Å². The van der Waals surface area contributed by atoms with E-state index < -0.39 is 0 Å². The molecule has 0 bridgehead atoms. The van der Waals surface area contributed by atoms with Crippen LogP contribution in [0.5, 0.6) is 0 Å². The minimum atomic E-state index is 0.103. The Labute approximate surface area is 113 Å². The molecule has 94 valence electrons. The van der Waals surface area contributed by atoms with Crippen molar-refractivity contribution in [1.82, 2.24) is 4.40 Å². The van der Waals surface area contributed by atoms with Crippen LogP contribution in [0.1, 0.15) is 28.3 Å². The second-order valence-corrected chi connectivity index (χ2v) is 5.40. The first kappa shape index (κ1) is 12.1. The Balaban J connectivity index is 2.09. The number of nitrogens with zero attached hydrogens (tertiary/aromatic N) is 1. The third-order valence-corrected chi connectivity index (χ3v) is 4.30. The molecule has 2 nitrogen and oxygen atoms in total. The first-order valence-electron chi connectivity index (χ1n) is 6.35. The van der Waals surface area contributed by atoms with Gasteiger partial charge in [-0.05, 0) is 38.1 Å². The van der Waals surface area contributed by atoms with Crippen molar-refractivity contribution in [3.63, 3.8) is 0 Å². The van der Waals surface area contributed by atoms with Crippen molar-refractivity contribution in [3.05, 3.63) is 71.0 Å². The van der Waals surface area contributed by atoms with Gasteiger partial charge in [0, 0.05) is 11.8 Å². The molecule has 0 amide bonds. The van der Waals surface area contributed by atoms with Gasteiger partial charge in [0.2, 0.25) is 5.78 Å². The van der Waals surface area contributed by atoms with Gasteiger partial charge in [0.1, 0.15) is 5.43 Å². The number of carbonyl (C=O) groups excluding carboxylic acids is 1. The minimum Gasteiger partial charge on any atom is -0.310 e. The maximum absolute atomic E-state index is 12.5. The summed E-state index contributed by atoms with van der Waals surface area (Å²) in [6.45, 7) is 2.14. The summed E-state index contributed by atoms with van der Waals surface area (Å²) in [7, 11) is 0.972. The average Bonchev–Trinajstić information content (AvgIpc) is 2.90. The van der Waals surface area contributed by atoms with E-state index in [0.717, 1.165) is 31.1 Å². The molecule has 2 heterocycles. The molecule has 0 saturated carbocycles. The zero-order valence-corrected chi connectivity index (χ0v) is 11.6. The number of fused-ring (bicyclic) bond motifs is 1. The average molecular weight is 267 g/mol. The van der Waals surface area contributed by atoms with E-state index in [9.17, 15) is 4.79 Å². The lowest BCUT2D eigenvalue weighted by atomic mass is 10.1. The van der Waals surface area contributed by atoms with Gasteiger partial charge in [-0.3, -0.25) is 4.79 Å². The smallest absolute Gasteiger partial charge is 0.214 e. The van der Waals surface area contributed by atoms with Crippen LogP contribution in [0.2, 0.25) is 0 Å². The Morgan fingerprint density at radius 2 is 2.00 bits per heavy atom. The molecule has 0 spiro atoms. The molecular formula is C16H14NOP. The predicted molar refractivity (Wildman–Crippen MR) is 79.2 cm³/mol. The van der Waals surface area contributed by atoms with Crippen LogP contribution in [-0.2, 0) is 6.42 Å². The maximum atomic E-state index is 12.5. The molecule has 0 fully saturated rings. The highest BCUT2D eigenvalue weighted by atomic mass is 31.0. The van der Waals surface area contributed by atoms with E-state index in [-0.39, 0.29) is 5.78 Å². The van der Waals surface area contributed by atoms with Gasteiger partial charge < -0.3 is 4.40 Å². The third-order valence-electron chi connectivity index (χ3n) is 3.24. The van der Waals surface area contributed by atoms with Crippen LogP contribution in [0.3, 0.4) is 0 Å². The van der Waals surface area contributed by atoms with Crippen LogP contribution >= 0.6 is 8.19 Å². The number of hydrogen-bond donors (Lipinski definition) is 0. The number of pyridine rings is 1. The molecule has 0 N–H and O–H groups in total. The standard InChI is InChI=1S/C16H14NOP/c1-2-12-8-9-17-14(10-12)11-19-16(17)15(18)13-6-4-3-5-7-13/h3-11H,2H2,1H3. The highest BCUT2D eigenvalue weighted by Gasteiger charge is 2.13. The zero-order valence-electron chi connectivity index (χ0n) is 10.7. The first-order valence-corrected chi connectivity index (χ1v) is 7.31. The Kier molecular flexibility index (Phi) is 3.18. The van der Waals surface area contributed by atoms with Crippen LogP contribution < -0.4 is 0 Å². The molecule has 0 unspecified atom stereocenters. The topological polar surface area (TPSA) is 21.5 Å². The Morgan fingerprint density at radius 1 is 1.21 bits per heavy atom. The van der Waals surface area contributed by atoms with E-state index in [4.69, 9.17) is 0 Å². The van der Waals surface area contributed by atoms with Crippen LogP contribution in [0.15, 0.2) is 54.5 Å². The lowest BCUT2D eigenvalue weighted by Gasteiger charge is -2.03. The van der Waals surface area contributed by atoms with Gasteiger partial charge in [-0.25, -0.2) is 0 Å². The van der Waals surface area contributed by atoms with Crippen LogP contribution in [-0.4, -0.2) is 10.2 Å². The molecule has 1 aromatic carbocycles. The summed E-state index contributed by atoms with van der Waals surface area (Å²) in [6, 6.07) is 13.7. The highest BCUT2D eigenvalue weighted by Crippen LogP contribution is 2.24. The van der Waals surface area contributed by atoms with E-state index >= 15 is 0 Å². The minimum absolute atomic E-state index is 0.103. The van der Waals surface area contributed by atoms with E-state index in [1.165, 1.54) is 5.56 Å². The molecule has 0 radical (unpaired) electrons. The summed E-state index contributed by atoms with van der Waals surface area (Å²) >= 11 is 0. The number of hydrogen-bond acceptors (Lipinski definition) is 1. The quantitative estimate of drug-likeness (QED) is 0.648. The molecule has 0 atom stereocenters. The van der Waals surface area contributed by atoms with Gasteiger partial charge >= 0.3 is 0 Å². The maximum Gasteiger partial charge on any atom is 0.214 e. The number of ketones is 1. The largest absolute Gasteiger partial charge is 0.310 e. The molecule has 3 heteroatoms. The number of aromatic nitrogens is 1. The molecule has 3 rings (SSSR count). The van der Waals surface area contributed by atoms with Gasteiger partial charge in [-0.15, -0.1) is 0 Å². The lowest BCUT2D eigenvalue weighted by molar-refractivity contribution is 0.103. The van der Waals surface area contributed by atoms with Gasteiger partial charge in [-0.2, -0.15) is 0 Å². The van der Waals surface area contributed by atoms with Gasteiger partial charge in [0.15, 0.2) is 0 Å². The monoisotopic (exact) mass is 267 g/mol. The van der Waals surface area contributed by atoms with E-state index in [2.05, 4.69) is 24.9 Å². The highest BCUT2D eigenvalue weighted by molar-refractivity contribution is 7.32. The van der Waals surface area contributed by atoms with Crippen LogP contribution in [0, 0.1) is 0 Å². The van der Waals surface area contributed by atoms with Crippen molar-refractivity contribution in [2.24, 2.45) is 0 Å². The van der Waals surface area contributed by atoms with E-state index in [1.807, 2.05) is 40.9 Å². The zero-order chi connectivity index (χ0) is 13.2. The molecule has 3 aromatic rings. The SMILES string of the molecule is CCc1ccn2c(C(=O)c3ccccc3)pcc2c1. The van der Waals surface area contributed by atoms with E-state index in [0.29, 0.717) is 0 Å². The second kappa shape index (κ2) is 4.99. The van der Waals surface area contributed by atoms with Crippen molar-refractivity contribution in [3.8, 4) is 0 Å². The molecule has 0 aliphatic heterocycles. The third kappa shape index (κ3) is 2.20. The Hall–Kier alpha value is -1.92. The predicted octanol–water partition coefficient (Wildman–Crippen LogP) is 4.31. The van der Waals surface area contributed by atoms with Gasteiger partial charge in [0.05, 0.1) is 5.52 Å². The summed E-state index contributed by atoms with van der Waals surface area (Å²) in [5.41, 5.74) is 3.97. The Morgan fingerprint density at radius 3 is 2.74 bits per heavy atom. The fraction of sp³-hybridized carbons (Fsp3) is 0.125. The van der Waals surface area contributed by atoms with Crippen molar-refractivity contribution in [1.29, 1.82) is 0 Å². The van der Waals surface area contributed by atoms with Gasteiger partial charge in [0.25, 0.3) is 0 Å². The fourth-order valence-corrected chi connectivity index (χ4v) is 3.16. The summed E-state index contributed by atoms with van der Waals surface area (Å²) in [6.07, 6.45) is 3.02. The second-order valence-electron chi connectivity index (χ2n) is 4.46. The summed E-state index contributed by atoms with van der Waals surface area (Å²) in [5, 5.41) is 0. The molecule has 2 aromatic heterocycles. The molecular weight excluding hydrogens is 253 g/mol. The normalized spacial score (nSPS) is 11.2. The van der Waals surface area contributed by atoms with Crippen molar-refractivity contribution < 1.29 is 4.79 Å². The summed E-state index contributed by atoms with van der Waals surface area (Å²) < 4.78 is 2.00. The number of carbonyl (C=O) groups is 1. The first-order chi connectivity index (χ1) is 9.29. The lowest BCUT2D eigenvalue weighted by Crippen LogP contribution is -2.03. The van der Waals surface area contributed by atoms with Gasteiger partial charge in [-0.1, -0.05) is 37.3 Å². The Bertz CT molecular complexity index is 731. The molecule has 0 aliphatic carbocycles. The molecule has 0 aliphatic rings. The number of benzene rings is 1. The summed E-state index contributed by atoms with van der Waals surface area (Å²) in [4.78, 5) is 12.5. The molecule has 0 saturated heterocycles. The number of rotatable bonds is 3. The van der Waals surface area contributed by atoms with Crippen molar-refractivity contribution in [2.45, 2.75) is 13.3 Å². The number of aryl methyl sites for hydroxylation is 1. The molecule has 19 heavy (non-hydrogen) atoms. The fourth-order valence-electron chi connectivity index (χ4n) is 2.15. The van der Waals surface area contributed by atoms with Crippen molar-refractivity contribution >= 4 is 19.5 Å². The summed E-state index contributed by atoms with van der Waals surface area (Å²) in [5.74, 6) is 2.20. The van der Waals surface area contributed by atoms with Crippen LogP contribution in [0.25, 0.3) is 5.52 Å². The van der Waals surface area contributed by atoms with E-state index in [1.54, 1.807) is 0 Å².